The molecule has 0 spiro atoms. The molecule has 1 atom stereocenters. The number of piperidine rings is 1. The maximum Gasteiger partial charge on any atom is 0.255 e. The van der Waals surface area contributed by atoms with Gasteiger partial charge in [0.2, 0.25) is 0 Å². The van der Waals surface area contributed by atoms with Crippen LogP contribution >= 0.6 is 0 Å². The summed E-state index contributed by atoms with van der Waals surface area (Å²) < 4.78 is 2.02. The lowest BCUT2D eigenvalue weighted by Gasteiger charge is -2.32. The monoisotopic (exact) mass is 390 g/mol. The van der Waals surface area contributed by atoms with Gasteiger partial charge in [0.05, 0.1) is 29.3 Å². The zero-order valence-corrected chi connectivity index (χ0v) is 17.2. The van der Waals surface area contributed by atoms with Crippen LogP contribution in [0.4, 0.5) is 0 Å². The molecule has 0 bridgehead atoms. The Morgan fingerprint density at radius 2 is 2.00 bits per heavy atom. The molecule has 1 fully saturated rings. The predicted molar refractivity (Wildman–Crippen MR) is 110 cm³/mol. The van der Waals surface area contributed by atoms with Gasteiger partial charge in [-0.05, 0) is 51.2 Å². The standard InChI is InChI=1S/C22H26N6O/c1-15-6-7-18(10-24-15)22(29)28-8-4-5-17(14-28)9-19-11-23-12-20(26-19)21-13-25-16(2)27(21)3/h6-7,10-13,17H,4-5,8-9,14H2,1-3H3/t17-/m1/s1. The Bertz CT molecular complexity index is 1010. The molecule has 7 nitrogen and oxygen atoms in total. The summed E-state index contributed by atoms with van der Waals surface area (Å²) in [6, 6.07) is 3.75. The van der Waals surface area contributed by atoms with Crippen LogP contribution in [0.15, 0.2) is 36.9 Å². The molecule has 0 saturated carbocycles. The molecule has 0 aliphatic carbocycles. The van der Waals surface area contributed by atoms with Gasteiger partial charge in [-0.15, -0.1) is 0 Å². The van der Waals surface area contributed by atoms with E-state index in [-0.39, 0.29) is 5.91 Å². The third-order valence-corrected chi connectivity index (χ3v) is 5.63. The minimum Gasteiger partial charge on any atom is -0.338 e. The second-order valence-electron chi connectivity index (χ2n) is 7.80. The number of hydrogen-bond acceptors (Lipinski definition) is 5. The van der Waals surface area contributed by atoms with E-state index >= 15 is 0 Å². The number of carbonyl (C=O) groups is 1. The molecule has 29 heavy (non-hydrogen) atoms. The topological polar surface area (TPSA) is 76.8 Å². The first-order chi connectivity index (χ1) is 14.0. The highest BCUT2D eigenvalue weighted by Crippen LogP contribution is 2.23. The Labute approximate surface area is 170 Å². The highest BCUT2D eigenvalue weighted by molar-refractivity contribution is 5.94. The number of carbonyl (C=O) groups excluding carboxylic acids is 1. The molecular formula is C22H26N6O. The van der Waals surface area contributed by atoms with E-state index in [1.807, 2.05) is 54.9 Å². The third kappa shape index (κ3) is 4.18. The van der Waals surface area contributed by atoms with Crippen LogP contribution in [0.25, 0.3) is 11.4 Å². The average Bonchev–Trinajstić information content (AvgIpc) is 3.07. The molecule has 3 aromatic rings. The van der Waals surface area contributed by atoms with Crippen molar-refractivity contribution < 1.29 is 4.79 Å². The van der Waals surface area contributed by atoms with Crippen LogP contribution in [0.3, 0.4) is 0 Å². The first-order valence-corrected chi connectivity index (χ1v) is 10.0. The smallest absolute Gasteiger partial charge is 0.255 e. The molecule has 0 aromatic carbocycles. The zero-order valence-electron chi connectivity index (χ0n) is 17.2. The van der Waals surface area contributed by atoms with Crippen molar-refractivity contribution in [1.82, 2.24) is 29.4 Å². The summed E-state index contributed by atoms with van der Waals surface area (Å²) in [6.45, 7) is 5.43. The molecule has 1 aliphatic rings. The lowest BCUT2D eigenvalue weighted by molar-refractivity contribution is 0.0672. The van der Waals surface area contributed by atoms with Crippen LogP contribution in [-0.4, -0.2) is 48.4 Å². The van der Waals surface area contributed by atoms with Crippen molar-refractivity contribution in [2.24, 2.45) is 13.0 Å². The Kier molecular flexibility index (Phi) is 5.38. The fourth-order valence-corrected chi connectivity index (χ4v) is 3.86. The van der Waals surface area contributed by atoms with E-state index in [0.717, 1.165) is 61.0 Å². The average molecular weight is 390 g/mol. The second kappa shape index (κ2) is 8.11. The van der Waals surface area contributed by atoms with E-state index in [0.29, 0.717) is 11.5 Å². The number of imidazole rings is 1. The summed E-state index contributed by atoms with van der Waals surface area (Å²) in [5, 5.41) is 0. The first kappa shape index (κ1) is 19.2. The van der Waals surface area contributed by atoms with E-state index in [1.54, 1.807) is 12.4 Å². The minimum absolute atomic E-state index is 0.0624. The van der Waals surface area contributed by atoms with E-state index in [2.05, 4.69) is 15.0 Å². The van der Waals surface area contributed by atoms with Gasteiger partial charge >= 0.3 is 0 Å². The Morgan fingerprint density at radius 1 is 1.14 bits per heavy atom. The van der Waals surface area contributed by atoms with Gasteiger partial charge in [0.1, 0.15) is 11.5 Å². The van der Waals surface area contributed by atoms with Gasteiger partial charge in [-0.25, -0.2) is 9.97 Å². The fourth-order valence-electron chi connectivity index (χ4n) is 3.86. The van der Waals surface area contributed by atoms with Gasteiger partial charge in [0.15, 0.2) is 0 Å². The molecule has 7 heteroatoms. The van der Waals surface area contributed by atoms with Crippen LogP contribution in [0.2, 0.25) is 0 Å². The van der Waals surface area contributed by atoms with Gasteiger partial charge < -0.3 is 9.47 Å². The summed E-state index contributed by atoms with van der Waals surface area (Å²) >= 11 is 0. The molecule has 4 heterocycles. The van der Waals surface area contributed by atoms with E-state index in [4.69, 9.17) is 4.98 Å². The number of likely N-dealkylation sites (tertiary alicyclic amines) is 1. The van der Waals surface area contributed by atoms with Gasteiger partial charge in [-0.2, -0.15) is 0 Å². The summed E-state index contributed by atoms with van der Waals surface area (Å²) in [5.41, 5.74) is 4.33. The Morgan fingerprint density at radius 3 is 2.72 bits per heavy atom. The molecule has 0 N–H and O–H groups in total. The van der Waals surface area contributed by atoms with E-state index in [1.165, 1.54) is 0 Å². The summed E-state index contributed by atoms with van der Waals surface area (Å²) in [7, 11) is 1.98. The van der Waals surface area contributed by atoms with Crippen molar-refractivity contribution in [3.05, 3.63) is 59.7 Å². The highest BCUT2D eigenvalue weighted by Gasteiger charge is 2.25. The summed E-state index contributed by atoms with van der Waals surface area (Å²) in [4.78, 5) is 32.6. The summed E-state index contributed by atoms with van der Waals surface area (Å²) in [5.74, 6) is 1.38. The Balaban J connectivity index is 1.46. The molecule has 0 radical (unpaired) electrons. The first-order valence-electron chi connectivity index (χ1n) is 10.0. The third-order valence-electron chi connectivity index (χ3n) is 5.63. The number of aromatic nitrogens is 5. The normalized spacial score (nSPS) is 16.8. The maximum absolute atomic E-state index is 12.8. The van der Waals surface area contributed by atoms with Gasteiger partial charge in [-0.3, -0.25) is 14.8 Å². The maximum atomic E-state index is 12.8. The van der Waals surface area contributed by atoms with Crippen molar-refractivity contribution in [3.8, 4) is 11.4 Å². The molecule has 1 amide bonds. The molecule has 0 unspecified atom stereocenters. The second-order valence-corrected chi connectivity index (χ2v) is 7.80. The lowest BCUT2D eigenvalue weighted by Crippen LogP contribution is -2.40. The molecule has 4 rings (SSSR count). The fraction of sp³-hybridized carbons (Fsp3) is 0.409. The molecule has 1 saturated heterocycles. The zero-order chi connectivity index (χ0) is 20.4. The number of aryl methyl sites for hydroxylation is 2. The van der Waals surface area contributed by atoms with Crippen LogP contribution in [0, 0.1) is 19.8 Å². The van der Waals surface area contributed by atoms with Crippen LogP contribution in [0.1, 0.15) is 40.4 Å². The van der Waals surface area contributed by atoms with Crippen LogP contribution in [0.5, 0.6) is 0 Å². The lowest BCUT2D eigenvalue weighted by atomic mass is 9.93. The Hall–Kier alpha value is -3.09. The molecule has 150 valence electrons. The number of rotatable bonds is 4. The van der Waals surface area contributed by atoms with Gasteiger partial charge in [0, 0.05) is 38.2 Å². The molecule has 1 aliphatic heterocycles. The SMILES string of the molecule is Cc1ccc(C(=O)N2CCC[C@H](Cc3cncc(-c4cnc(C)n4C)n3)C2)cn1. The quantitative estimate of drug-likeness (QED) is 0.684. The number of amides is 1. The van der Waals surface area contributed by atoms with E-state index in [9.17, 15) is 4.79 Å². The predicted octanol–water partition coefficient (Wildman–Crippen LogP) is 2.98. The summed E-state index contributed by atoms with van der Waals surface area (Å²) in [6.07, 6.45) is 10.0. The van der Waals surface area contributed by atoms with E-state index < -0.39 is 0 Å². The van der Waals surface area contributed by atoms with Crippen molar-refractivity contribution in [1.29, 1.82) is 0 Å². The van der Waals surface area contributed by atoms with Crippen molar-refractivity contribution >= 4 is 5.91 Å². The van der Waals surface area contributed by atoms with Crippen molar-refractivity contribution in [2.45, 2.75) is 33.1 Å². The number of nitrogens with zero attached hydrogens (tertiary/aromatic N) is 6. The molecule has 3 aromatic heterocycles. The van der Waals surface area contributed by atoms with Gasteiger partial charge in [0.25, 0.3) is 5.91 Å². The van der Waals surface area contributed by atoms with Crippen molar-refractivity contribution in [3.63, 3.8) is 0 Å². The largest absolute Gasteiger partial charge is 0.338 e. The molecular weight excluding hydrogens is 364 g/mol. The highest BCUT2D eigenvalue weighted by atomic mass is 16.2. The van der Waals surface area contributed by atoms with Crippen molar-refractivity contribution in [2.75, 3.05) is 13.1 Å². The number of pyridine rings is 1. The van der Waals surface area contributed by atoms with Crippen LogP contribution in [-0.2, 0) is 13.5 Å². The van der Waals surface area contributed by atoms with Crippen LogP contribution < -0.4 is 0 Å². The minimum atomic E-state index is 0.0624. The van der Waals surface area contributed by atoms with Gasteiger partial charge in [-0.1, -0.05) is 0 Å². The number of hydrogen-bond donors (Lipinski definition) is 0.